The topological polar surface area (TPSA) is 42.2 Å². The maximum atomic E-state index is 8.76. The molecule has 2 rings (SSSR count). The Morgan fingerprint density at radius 1 is 0.850 bits per heavy atom. The van der Waals surface area contributed by atoms with E-state index in [1.54, 1.807) is 26.4 Å². The third-order valence-corrected chi connectivity index (χ3v) is 2.88. The Morgan fingerprint density at radius 3 is 1.90 bits per heavy atom. The van der Waals surface area contributed by atoms with Crippen LogP contribution in [0.3, 0.4) is 0 Å². The predicted molar refractivity (Wildman–Crippen MR) is 79.6 cm³/mol. The van der Waals surface area contributed by atoms with Crippen molar-refractivity contribution < 1.29 is 9.47 Å². The normalized spacial score (nSPS) is 10.2. The minimum Gasteiger partial charge on any atom is -0.497 e. The molecule has 0 aromatic heterocycles. The first kappa shape index (κ1) is 13.7. The van der Waals surface area contributed by atoms with Gasteiger partial charge < -0.3 is 9.47 Å². The SMILES string of the molecule is COc1cc(/C=C/c2ccc(C#N)cc2)cc(OC)c1. The van der Waals surface area contributed by atoms with Crippen molar-refractivity contribution in [2.45, 2.75) is 0 Å². The van der Waals surface area contributed by atoms with Crippen LogP contribution in [0.5, 0.6) is 11.5 Å². The molecule has 2 aromatic carbocycles. The predicted octanol–water partition coefficient (Wildman–Crippen LogP) is 3.75. The Labute approximate surface area is 118 Å². The van der Waals surface area contributed by atoms with Crippen molar-refractivity contribution in [3.8, 4) is 17.6 Å². The smallest absolute Gasteiger partial charge is 0.123 e. The number of methoxy groups -OCH3 is 2. The third-order valence-electron chi connectivity index (χ3n) is 2.88. The molecular formula is C17H15NO2. The van der Waals surface area contributed by atoms with E-state index in [9.17, 15) is 0 Å². The molecule has 0 saturated carbocycles. The number of nitriles is 1. The van der Waals surface area contributed by atoms with Gasteiger partial charge in [0, 0.05) is 6.07 Å². The van der Waals surface area contributed by atoms with E-state index in [1.807, 2.05) is 42.5 Å². The summed E-state index contributed by atoms with van der Waals surface area (Å²) in [6.07, 6.45) is 3.96. The van der Waals surface area contributed by atoms with Crippen LogP contribution in [0.15, 0.2) is 42.5 Å². The van der Waals surface area contributed by atoms with Gasteiger partial charge >= 0.3 is 0 Å². The van der Waals surface area contributed by atoms with E-state index in [1.165, 1.54) is 0 Å². The molecule has 20 heavy (non-hydrogen) atoms. The number of rotatable bonds is 4. The van der Waals surface area contributed by atoms with E-state index >= 15 is 0 Å². The molecule has 0 fully saturated rings. The van der Waals surface area contributed by atoms with E-state index in [-0.39, 0.29) is 0 Å². The summed E-state index contributed by atoms with van der Waals surface area (Å²) in [6.45, 7) is 0. The molecule has 0 heterocycles. The number of nitrogens with zero attached hydrogens (tertiary/aromatic N) is 1. The van der Waals surface area contributed by atoms with Gasteiger partial charge in [-0.05, 0) is 35.4 Å². The molecule has 0 saturated heterocycles. The molecule has 0 radical (unpaired) electrons. The van der Waals surface area contributed by atoms with Crippen molar-refractivity contribution in [1.29, 1.82) is 5.26 Å². The Morgan fingerprint density at radius 2 is 1.40 bits per heavy atom. The van der Waals surface area contributed by atoms with Crippen molar-refractivity contribution in [2.24, 2.45) is 0 Å². The molecule has 0 unspecified atom stereocenters. The number of ether oxygens (including phenoxy) is 2. The molecule has 0 aliphatic rings. The summed E-state index contributed by atoms with van der Waals surface area (Å²) < 4.78 is 10.5. The molecule has 0 aliphatic carbocycles. The molecular weight excluding hydrogens is 250 g/mol. The zero-order valence-corrected chi connectivity index (χ0v) is 11.5. The van der Waals surface area contributed by atoms with Gasteiger partial charge in [0.2, 0.25) is 0 Å². The zero-order valence-electron chi connectivity index (χ0n) is 11.5. The van der Waals surface area contributed by atoms with Gasteiger partial charge in [0.15, 0.2) is 0 Å². The van der Waals surface area contributed by atoms with Gasteiger partial charge in [0.05, 0.1) is 25.9 Å². The molecule has 0 atom stereocenters. The largest absolute Gasteiger partial charge is 0.497 e. The monoisotopic (exact) mass is 265 g/mol. The number of hydrogen-bond donors (Lipinski definition) is 0. The standard InChI is InChI=1S/C17H15NO2/c1-19-16-9-15(10-17(11-16)20-2)8-5-13-3-6-14(12-18)7-4-13/h3-11H,1-2H3/b8-5+. The van der Waals surface area contributed by atoms with Gasteiger partial charge in [-0.2, -0.15) is 5.26 Å². The Balaban J connectivity index is 2.23. The minimum absolute atomic E-state index is 0.658. The third kappa shape index (κ3) is 3.39. The molecule has 2 aromatic rings. The highest BCUT2D eigenvalue weighted by atomic mass is 16.5. The molecule has 0 spiro atoms. The lowest BCUT2D eigenvalue weighted by Crippen LogP contribution is -1.88. The first-order valence-electron chi connectivity index (χ1n) is 6.16. The molecule has 3 nitrogen and oxygen atoms in total. The fourth-order valence-corrected chi connectivity index (χ4v) is 1.79. The van der Waals surface area contributed by atoms with E-state index in [2.05, 4.69) is 6.07 Å². The Kier molecular flexibility index (Phi) is 4.41. The summed E-state index contributed by atoms with van der Waals surface area (Å²) in [5.74, 6) is 1.51. The van der Waals surface area contributed by atoms with Crippen LogP contribution in [0.1, 0.15) is 16.7 Å². The van der Waals surface area contributed by atoms with Crippen molar-refractivity contribution in [1.82, 2.24) is 0 Å². The number of hydrogen-bond acceptors (Lipinski definition) is 3. The second-order valence-electron chi connectivity index (χ2n) is 4.21. The second kappa shape index (κ2) is 6.44. The lowest BCUT2D eigenvalue weighted by Gasteiger charge is -2.05. The van der Waals surface area contributed by atoms with Crippen molar-refractivity contribution in [2.75, 3.05) is 14.2 Å². The Bertz CT molecular complexity index is 629. The average molecular weight is 265 g/mol. The van der Waals surface area contributed by atoms with Gasteiger partial charge in [-0.15, -0.1) is 0 Å². The van der Waals surface area contributed by atoms with Crippen LogP contribution in [0.4, 0.5) is 0 Å². The summed E-state index contributed by atoms with van der Waals surface area (Å²) in [5.41, 5.74) is 2.68. The van der Waals surface area contributed by atoms with Crippen LogP contribution in [-0.4, -0.2) is 14.2 Å². The minimum atomic E-state index is 0.658. The lowest BCUT2D eigenvalue weighted by atomic mass is 10.1. The van der Waals surface area contributed by atoms with Crippen LogP contribution in [0.25, 0.3) is 12.2 Å². The Hall–Kier alpha value is -2.73. The fraction of sp³-hybridized carbons (Fsp3) is 0.118. The van der Waals surface area contributed by atoms with Crippen molar-refractivity contribution >= 4 is 12.2 Å². The van der Waals surface area contributed by atoms with E-state index in [0.29, 0.717) is 5.56 Å². The summed E-state index contributed by atoms with van der Waals surface area (Å²) in [5, 5.41) is 8.76. The first-order valence-corrected chi connectivity index (χ1v) is 6.16. The maximum absolute atomic E-state index is 8.76. The molecule has 0 N–H and O–H groups in total. The molecule has 0 aliphatic heterocycles. The highest BCUT2D eigenvalue weighted by Gasteiger charge is 1.99. The van der Waals surface area contributed by atoms with Crippen LogP contribution >= 0.6 is 0 Å². The zero-order chi connectivity index (χ0) is 14.4. The summed E-state index contributed by atoms with van der Waals surface area (Å²) in [7, 11) is 3.26. The molecule has 0 bridgehead atoms. The first-order chi connectivity index (χ1) is 9.75. The van der Waals surface area contributed by atoms with Gasteiger partial charge in [-0.25, -0.2) is 0 Å². The molecule has 3 heteroatoms. The van der Waals surface area contributed by atoms with Crippen LogP contribution in [-0.2, 0) is 0 Å². The lowest BCUT2D eigenvalue weighted by molar-refractivity contribution is 0.394. The summed E-state index contributed by atoms with van der Waals surface area (Å²) in [4.78, 5) is 0. The summed E-state index contributed by atoms with van der Waals surface area (Å²) >= 11 is 0. The number of benzene rings is 2. The van der Waals surface area contributed by atoms with Crippen molar-refractivity contribution in [3.05, 3.63) is 59.2 Å². The average Bonchev–Trinajstić information content (AvgIpc) is 2.53. The van der Waals surface area contributed by atoms with E-state index < -0.39 is 0 Å². The molecule has 0 amide bonds. The maximum Gasteiger partial charge on any atom is 0.123 e. The van der Waals surface area contributed by atoms with Crippen LogP contribution < -0.4 is 9.47 Å². The fourth-order valence-electron chi connectivity index (χ4n) is 1.79. The quantitative estimate of drug-likeness (QED) is 0.791. The van der Waals surface area contributed by atoms with Gasteiger partial charge in [-0.1, -0.05) is 24.3 Å². The van der Waals surface area contributed by atoms with Crippen LogP contribution in [0, 0.1) is 11.3 Å². The van der Waals surface area contributed by atoms with Crippen molar-refractivity contribution in [3.63, 3.8) is 0 Å². The molecule has 100 valence electrons. The van der Waals surface area contributed by atoms with Gasteiger partial charge in [-0.3, -0.25) is 0 Å². The van der Waals surface area contributed by atoms with Crippen LogP contribution in [0.2, 0.25) is 0 Å². The van der Waals surface area contributed by atoms with Gasteiger partial charge in [0.1, 0.15) is 11.5 Å². The second-order valence-corrected chi connectivity index (χ2v) is 4.21. The van der Waals surface area contributed by atoms with Gasteiger partial charge in [0.25, 0.3) is 0 Å². The van der Waals surface area contributed by atoms with E-state index in [0.717, 1.165) is 22.6 Å². The highest BCUT2D eigenvalue weighted by Crippen LogP contribution is 2.23. The summed E-state index contributed by atoms with van der Waals surface area (Å²) in [6, 6.07) is 15.2. The van der Waals surface area contributed by atoms with E-state index in [4.69, 9.17) is 14.7 Å². The highest BCUT2D eigenvalue weighted by molar-refractivity contribution is 5.71.